The minimum absolute atomic E-state index is 0.00231. The average Bonchev–Trinajstić information content (AvgIpc) is 2.81. The maximum Gasteiger partial charge on any atom is 0.225 e. The number of nitrogens with zero attached hydrogens (tertiary/aromatic N) is 1. The zero-order chi connectivity index (χ0) is 12.1. The van der Waals surface area contributed by atoms with Crippen molar-refractivity contribution in [3.05, 3.63) is 47.7 Å². The molecule has 2 aromatic rings. The van der Waals surface area contributed by atoms with Crippen LogP contribution >= 0.6 is 0 Å². The normalized spacial score (nSPS) is 10.2. The molecule has 0 spiro atoms. The van der Waals surface area contributed by atoms with Crippen LogP contribution in [0.2, 0.25) is 0 Å². The fourth-order valence-corrected chi connectivity index (χ4v) is 1.68. The van der Waals surface area contributed by atoms with Crippen molar-refractivity contribution >= 4 is 11.7 Å². The number of H-pyrrole nitrogens is 1. The fourth-order valence-electron chi connectivity index (χ4n) is 1.68. The third-order valence-corrected chi connectivity index (χ3v) is 2.66. The van der Waals surface area contributed by atoms with Crippen LogP contribution in [-0.2, 0) is 11.2 Å². The summed E-state index contributed by atoms with van der Waals surface area (Å²) in [5.74, 6) is 0.636. The second-order valence-electron chi connectivity index (χ2n) is 3.94. The van der Waals surface area contributed by atoms with E-state index in [4.69, 9.17) is 0 Å². The molecule has 0 saturated carbocycles. The second-order valence-corrected chi connectivity index (χ2v) is 3.94. The van der Waals surface area contributed by atoms with Crippen molar-refractivity contribution in [1.29, 1.82) is 0 Å². The van der Waals surface area contributed by atoms with Crippen molar-refractivity contribution in [3.8, 4) is 0 Å². The quantitative estimate of drug-likeness (QED) is 0.845. The molecule has 88 valence electrons. The van der Waals surface area contributed by atoms with E-state index in [1.165, 1.54) is 11.1 Å². The van der Waals surface area contributed by atoms with Crippen molar-refractivity contribution in [2.75, 3.05) is 5.32 Å². The van der Waals surface area contributed by atoms with Gasteiger partial charge in [-0.15, -0.1) is 0 Å². The summed E-state index contributed by atoms with van der Waals surface area (Å²) in [6.07, 6.45) is 2.84. The van der Waals surface area contributed by atoms with Gasteiger partial charge in [0.25, 0.3) is 0 Å². The third-order valence-electron chi connectivity index (χ3n) is 2.66. The zero-order valence-corrected chi connectivity index (χ0v) is 9.73. The van der Waals surface area contributed by atoms with E-state index < -0.39 is 0 Å². The van der Waals surface area contributed by atoms with E-state index in [9.17, 15) is 4.79 Å². The molecule has 0 atom stereocenters. The molecule has 0 bridgehead atoms. The molecule has 2 rings (SSSR count). The Morgan fingerprint density at radius 2 is 2.18 bits per heavy atom. The monoisotopic (exact) mass is 229 g/mol. The molecule has 1 heterocycles. The Morgan fingerprint density at radius 3 is 2.88 bits per heavy atom. The lowest BCUT2D eigenvalue weighted by Crippen LogP contribution is -2.12. The topological polar surface area (TPSA) is 57.8 Å². The standard InChI is InChI=1S/C13H15N3O/c1-10-4-2-3-5-11(10)6-7-13(17)15-12-8-9-14-16-12/h2-5,8-9H,6-7H2,1H3,(H2,14,15,16,17). The third kappa shape index (κ3) is 3.17. The van der Waals surface area contributed by atoms with Gasteiger partial charge in [-0.3, -0.25) is 9.89 Å². The number of amides is 1. The number of carbonyl (C=O) groups excluding carboxylic acids is 1. The summed E-state index contributed by atoms with van der Waals surface area (Å²) < 4.78 is 0. The smallest absolute Gasteiger partial charge is 0.225 e. The Kier molecular flexibility index (Phi) is 3.55. The lowest BCUT2D eigenvalue weighted by molar-refractivity contribution is -0.116. The van der Waals surface area contributed by atoms with Crippen LogP contribution in [0, 0.1) is 6.92 Å². The van der Waals surface area contributed by atoms with Crippen molar-refractivity contribution in [2.45, 2.75) is 19.8 Å². The molecule has 1 amide bonds. The van der Waals surface area contributed by atoms with Crippen LogP contribution in [0.1, 0.15) is 17.5 Å². The van der Waals surface area contributed by atoms with E-state index in [2.05, 4.69) is 34.6 Å². The Labute approximate surface area is 100 Å². The van der Waals surface area contributed by atoms with E-state index in [1.54, 1.807) is 12.3 Å². The minimum atomic E-state index is -0.00231. The van der Waals surface area contributed by atoms with Gasteiger partial charge in [0.1, 0.15) is 5.82 Å². The molecule has 2 N–H and O–H groups in total. The number of aromatic amines is 1. The molecule has 0 unspecified atom stereocenters. The molecule has 4 nitrogen and oxygen atoms in total. The summed E-state index contributed by atoms with van der Waals surface area (Å²) in [6, 6.07) is 9.84. The van der Waals surface area contributed by atoms with E-state index in [0.717, 1.165) is 6.42 Å². The van der Waals surface area contributed by atoms with Gasteiger partial charge >= 0.3 is 0 Å². The molecule has 1 aromatic heterocycles. The number of benzene rings is 1. The fraction of sp³-hybridized carbons (Fsp3) is 0.231. The molecule has 0 saturated heterocycles. The first-order chi connectivity index (χ1) is 8.25. The van der Waals surface area contributed by atoms with E-state index in [0.29, 0.717) is 12.2 Å². The highest BCUT2D eigenvalue weighted by Crippen LogP contribution is 2.10. The number of aromatic nitrogens is 2. The summed E-state index contributed by atoms with van der Waals surface area (Å²) in [7, 11) is 0. The largest absolute Gasteiger partial charge is 0.311 e. The van der Waals surface area contributed by atoms with Crippen LogP contribution in [0.4, 0.5) is 5.82 Å². The van der Waals surface area contributed by atoms with Gasteiger partial charge in [0.05, 0.1) is 6.20 Å². The number of hydrogen-bond donors (Lipinski definition) is 2. The van der Waals surface area contributed by atoms with Gasteiger partial charge in [-0.05, 0) is 24.5 Å². The Morgan fingerprint density at radius 1 is 1.35 bits per heavy atom. The molecule has 0 aliphatic rings. The van der Waals surface area contributed by atoms with Crippen LogP contribution in [0.3, 0.4) is 0 Å². The summed E-state index contributed by atoms with van der Waals surface area (Å²) >= 11 is 0. The number of carbonyl (C=O) groups is 1. The number of rotatable bonds is 4. The lowest BCUT2D eigenvalue weighted by atomic mass is 10.0. The first-order valence-corrected chi connectivity index (χ1v) is 5.59. The van der Waals surface area contributed by atoms with Gasteiger partial charge in [0.2, 0.25) is 5.91 Å². The predicted molar refractivity (Wildman–Crippen MR) is 66.7 cm³/mol. The number of nitrogens with one attached hydrogen (secondary N) is 2. The van der Waals surface area contributed by atoms with Crippen LogP contribution in [0.5, 0.6) is 0 Å². The van der Waals surface area contributed by atoms with E-state index >= 15 is 0 Å². The molecular weight excluding hydrogens is 214 g/mol. The van der Waals surface area contributed by atoms with Crippen LogP contribution in [0.15, 0.2) is 36.5 Å². The molecular formula is C13H15N3O. The highest BCUT2D eigenvalue weighted by Gasteiger charge is 2.04. The van der Waals surface area contributed by atoms with E-state index in [1.807, 2.05) is 12.1 Å². The maximum atomic E-state index is 11.6. The van der Waals surface area contributed by atoms with Crippen LogP contribution in [-0.4, -0.2) is 16.1 Å². The predicted octanol–water partition coefficient (Wildman–Crippen LogP) is 2.29. The highest BCUT2D eigenvalue weighted by molar-refractivity contribution is 5.89. The molecule has 4 heteroatoms. The molecule has 0 aliphatic carbocycles. The molecule has 0 fully saturated rings. The van der Waals surface area contributed by atoms with Crippen molar-refractivity contribution in [3.63, 3.8) is 0 Å². The zero-order valence-electron chi connectivity index (χ0n) is 9.73. The number of hydrogen-bond acceptors (Lipinski definition) is 2. The Balaban J connectivity index is 1.86. The van der Waals surface area contributed by atoms with E-state index in [-0.39, 0.29) is 5.91 Å². The molecule has 0 radical (unpaired) electrons. The molecule has 0 aliphatic heterocycles. The highest BCUT2D eigenvalue weighted by atomic mass is 16.1. The first kappa shape index (κ1) is 11.4. The molecule has 1 aromatic carbocycles. The Bertz CT molecular complexity index is 491. The number of anilines is 1. The first-order valence-electron chi connectivity index (χ1n) is 5.59. The van der Waals surface area contributed by atoms with Gasteiger partial charge < -0.3 is 5.32 Å². The summed E-state index contributed by atoms with van der Waals surface area (Å²) in [4.78, 5) is 11.6. The summed E-state index contributed by atoms with van der Waals surface area (Å²) in [6.45, 7) is 2.06. The Hall–Kier alpha value is -2.10. The van der Waals surface area contributed by atoms with Crippen molar-refractivity contribution in [1.82, 2.24) is 10.2 Å². The SMILES string of the molecule is Cc1ccccc1CCC(=O)Nc1ccn[nH]1. The van der Waals surface area contributed by atoms with Gasteiger partial charge in [-0.25, -0.2) is 0 Å². The number of aryl methyl sites for hydroxylation is 2. The second kappa shape index (κ2) is 5.30. The van der Waals surface area contributed by atoms with Gasteiger partial charge in [-0.1, -0.05) is 24.3 Å². The molecule has 17 heavy (non-hydrogen) atoms. The van der Waals surface area contributed by atoms with Gasteiger partial charge in [0.15, 0.2) is 0 Å². The summed E-state index contributed by atoms with van der Waals surface area (Å²) in [5, 5.41) is 9.22. The summed E-state index contributed by atoms with van der Waals surface area (Å²) in [5.41, 5.74) is 2.44. The van der Waals surface area contributed by atoms with Crippen LogP contribution < -0.4 is 5.32 Å². The van der Waals surface area contributed by atoms with Crippen LogP contribution in [0.25, 0.3) is 0 Å². The minimum Gasteiger partial charge on any atom is -0.311 e. The van der Waals surface area contributed by atoms with Crippen molar-refractivity contribution < 1.29 is 4.79 Å². The maximum absolute atomic E-state index is 11.6. The van der Waals surface area contributed by atoms with Gasteiger partial charge in [-0.2, -0.15) is 5.10 Å². The average molecular weight is 229 g/mol. The lowest BCUT2D eigenvalue weighted by Gasteiger charge is -2.05. The van der Waals surface area contributed by atoms with Crippen molar-refractivity contribution in [2.24, 2.45) is 0 Å². The van der Waals surface area contributed by atoms with Gasteiger partial charge in [0, 0.05) is 12.5 Å².